The molecule has 0 saturated heterocycles. The Balaban J connectivity index is 0. The van der Waals surface area contributed by atoms with Crippen molar-refractivity contribution in [2.24, 2.45) is 22.8 Å². The number of nitrogens with zero attached hydrogens (tertiary/aromatic N) is 2. The van der Waals surface area contributed by atoms with Crippen molar-refractivity contribution in [3.8, 4) is 0 Å². The Morgan fingerprint density at radius 1 is 1.67 bits per heavy atom. The normalized spacial score (nSPS) is 6.44. The molecule has 9 heavy (non-hydrogen) atoms. The lowest BCUT2D eigenvalue weighted by molar-refractivity contribution is 0.312. The number of rotatable bonds is 0. The average molecular weight is 136 g/mol. The Bertz CT molecular complexity index is 89.1. The fourth-order valence-corrected chi connectivity index (χ4v) is 0. The molecule has 0 fully saturated rings. The first kappa shape index (κ1) is 10.5. The van der Waals surface area contributed by atoms with Crippen LogP contribution in [0.1, 0.15) is 0 Å². The van der Waals surface area contributed by atoms with Gasteiger partial charge >= 0.3 is 0 Å². The second kappa shape index (κ2) is 6.59. The van der Waals surface area contributed by atoms with Crippen molar-refractivity contribution in [3.05, 3.63) is 4.91 Å². The topological polar surface area (TPSA) is 155 Å². The van der Waals surface area contributed by atoms with Gasteiger partial charge in [-0.05, 0) is 0 Å². The van der Waals surface area contributed by atoms with E-state index in [-0.39, 0.29) is 5.96 Å². The molecule has 0 spiro atoms. The standard InChI is InChI=1S/CH7N5.HNO2/c2-1(3)6(4)5;2-1-3/h4-5H2,(H3,2,3);(H,2,3). The molecule has 0 atom stereocenters. The maximum absolute atomic E-state index is 8.11. The number of nitrogens with two attached hydrogens (primary N) is 3. The highest BCUT2D eigenvalue weighted by Gasteiger charge is 1.84. The van der Waals surface area contributed by atoms with Crippen LogP contribution in [0.3, 0.4) is 0 Å². The second-order valence-electron chi connectivity index (χ2n) is 0.874. The third kappa shape index (κ3) is 20.7. The summed E-state index contributed by atoms with van der Waals surface area (Å²) in [4.78, 5) is 8.11. The highest BCUT2D eigenvalue weighted by molar-refractivity contribution is 5.72. The third-order valence-electron chi connectivity index (χ3n) is 0.278. The van der Waals surface area contributed by atoms with Crippen molar-refractivity contribution in [3.63, 3.8) is 0 Å². The first-order chi connectivity index (χ1) is 4.06. The lowest BCUT2D eigenvalue weighted by atomic mass is 11.1. The molecule has 8 N–H and O–H groups in total. The van der Waals surface area contributed by atoms with E-state index in [1.807, 2.05) is 0 Å². The van der Waals surface area contributed by atoms with Gasteiger partial charge in [0.2, 0.25) is 5.96 Å². The van der Waals surface area contributed by atoms with Gasteiger partial charge in [-0.3, -0.25) is 5.41 Å². The van der Waals surface area contributed by atoms with Crippen molar-refractivity contribution in [1.82, 2.24) is 5.12 Å². The van der Waals surface area contributed by atoms with Gasteiger partial charge in [0.15, 0.2) is 5.34 Å². The van der Waals surface area contributed by atoms with Gasteiger partial charge in [0.1, 0.15) is 0 Å². The minimum atomic E-state index is -0.352. The van der Waals surface area contributed by atoms with E-state index in [9.17, 15) is 0 Å². The van der Waals surface area contributed by atoms with E-state index < -0.39 is 0 Å². The molecule has 0 aromatic carbocycles. The highest BCUT2D eigenvalue weighted by atomic mass is 16.6. The number of hydrazine groups is 2. The van der Waals surface area contributed by atoms with Gasteiger partial charge in [0.05, 0.1) is 0 Å². The van der Waals surface area contributed by atoms with Crippen LogP contribution in [-0.4, -0.2) is 16.3 Å². The zero-order chi connectivity index (χ0) is 7.86. The van der Waals surface area contributed by atoms with E-state index in [4.69, 9.17) is 32.9 Å². The van der Waals surface area contributed by atoms with E-state index in [1.165, 1.54) is 5.34 Å². The van der Waals surface area contributed by atoms with Crippen LogP contribution in [0, 0.1) is 10.3 Å². The Morgan fingerprint density at radius 3 is 1.78 bits per heavy atom. The maximum atomic E-state index is 8.11. The Hall–Kier alpha value is -1.41. The summed E-state index contributed by atoms with van der Waals surface area (Å²) in [6, 6.07) is 0. The fraction of sp³-hybridized carbons (Fsp3) is 0. The summed E-state index contributed by atoms with van der Waals surface area (Å²) in [5.41, 5.74) is 4.69. The van der Waals surface area contributed by atoms with Crippen LogP contribution >= 0.6 is 0 Å². The van der Waals surface area contributed by atoms with Gasteiger partial charge in [0.25, 0.3) is 0 Å². The van der Waals surface area contributed by atoms with Gasteiger partial charge in [-0.2, -0.15) is 0 Å². The lowest BCUT2D eigenvalue weighted by Crippen LogP contribution is -2.47. The van der Waals surface area contributed by atoms with Gasteiger partial charge < -0.3 is 10.9 Å². The summed E-state index contributed by atoms with van der Waals surface area (Å²) in [5.74, 6) is 9.04. The molecule has 0 aliphatic carbocycles. The molecule has 0 unspecified atom stereocenters. The molecule has 8 heteroatoms. The number of guanidine groups is 1. The van der Waals surface area contributed by atoms with Crippen LogP contribution in [0.15, 0.2) is 5.34 Å². The average Bonchev–Trinajstić information content (AvgIpc) is 1.68. The first-order valence-corrected chi connectivity index (χ1v) is 1.66. The maximum Gasteiger partial charge on any atom is 0.218 e. The quantitative estimate of drug-likeness (QED) is 0.0858. The zero-order valence-electron chi connectivity index (χ0n) is 4.48. The van der Waals surface area contributed by atoms with Gasteiger partial charge in [0, 0.05) is 0 Å². The molecule has 0 aliphatic rings. The molecular weight excluding hydrogens is 128 g/mol. The summed E-state index contributed by atoms with van der Waals surface area (Å²) in [5, 5.41) is 14.8. The Morgan fingerprint density at radius 2 is 1.78 bits per heavy atom. The molecule has 0 rings (SSSR count). The van der Waals surface area contributed by atoms with Crippen LogP contribution in [0.2, 0.25) is 0 Å². The predicted octanol–water partition coefficient (Wildman–Crippen LogP) is -1.93. The molecular formula is CH8N6O2. The molecule has 0 aromatic heterocycles. The first-order valence-electron chi connectivity index (χ1n) is 1.66. The Labute approximate surface area is 50.6 Å². The smallest absolute Gasteiger partial charge is 0.218 e. The summed E-state index contributed by atoms with van der Waals surface area (Å²) < 4.78 is 0. The molecule has 0 amide bonds. The van der Waals surface area contributed by atoms with Gasteiger partial charge in [-0.15, -0.1) is 4.91 Å². The van der Waals surface area contributed by atoms with E-state index in [0.717, 1.165) is 0 Å². The molecule has 0 aromatic rings. The predicted molar refractivity (Wildman–Crippen MR) is 29.7 cm³/mol. The summed E-state index contributed by atoms with van der Waals surface area (Å²) in [6.07, 6.45) is 0. The van der Waals surface area contributed by atoms with Gasteiger partial charge in [-0.25, -0.2) is 16.8 Å². The number of hydrogen-bond donors (Lipinski definition) is 5. The molecule has 0 radical (unpaired) electrons. The number of hydrogen-bond acceptors (Lipinski definition) is 5. The molecule has 54 valence electrons. The largest absolute Gasteiger partial charge is 0.379 e. The van der Waals surface area contributed by atoms with E-state index in [0.29, 0.717) is 5.12 Å². The van der Waals surface area contributed by atoms with Crippen molar-refractivity contribution >= 4 is 5.96 Å². The van der Waals surface area contributed by atoms with Crippen molar-refractivity contribution < 1.29 is 5.21 Å². The molecule has 0 saturated carbocycles. The van der Waals surface area contributed by atoms with Crippen molar-refractivity contribution in [2.45, 2.75) is 0 Å². The SMILES string of the molecule is N=C(N)N(N)N.O=NO. The fourth-order valence-electron chi connectivity index (χ4n) is 0. The van der Waals surface area contributed by atoms with Gasteiger partial charge in [-0.1, -0.05) is 0 Å². The van der Waals surface area contributed by atoms with E-state index in [1.54, 1.807) is 0 Å². The Kier molecular flexibility index (Phi) is 7.72. The van der Waals surface area contributed by atoms with Crippen LogP contribution in [-0.2, 0) is 0 Å². The molecule has 8 nitrogen and oxygen atoms in total. The lowest BCUT2D eigenvalue weighted by Gasteiger charge is -2.04. The zero-order valence-corrected chi connectivity index (χ0v) is 4.48. The minimum absolute atomic E-state index is 0.352. The summed E-state index contributed by atoms with van der Waals surface area (Å²) in [7, 11) is 0. The second-order valence-corrected chi connectivity index (χ2v) is 0.874. The molecule has 0 bridgehead atoms. The summed E-state index contributed by atoms with van der Waals surface area (Å²) >= 11 is 0. The van der Waals surface area contributed by atoms with E-state index >= 15 is 0 Å². The van der Waals surface area contributed by atoms with Crippen LogP contribution < -0.4 is 17.4 Å². The molecule has 0 heterocycles. The number of nitrogens with one attached hydrogen (secondary N) is 1. The van der Waals surface area contributed by atoms with Crippen LogP contribution in [0.25, 0.3) is 0 Å². The van der Waals surface area contributed by atoms with Crippen molar-refractivity contribution in [1.29, 1.82) is 5.41 Å². The molecule has 0 aliphatic heterocycles. The van der Waals surface area contributed by atoms with Crippen molar-refractivity contribution in [2.75, 3.05) is 0 Å². The third-order valence-corrected chi connectivity index (χ3v) is 0.278. The van der Waals surface area contributed by atoms with Crippen LogP contribution in [0.5, 0.6) is 0 Å². The van der Waals surface area contributed by atoms with Crippen LogP contribution in [0.4, 0.5) is 0 Å². The monoisotopic (exact) mass is 136 g/mol. The van der Waals surface area contributed by atoms with E-state index in [2.05, 4.69) is 0 Å². The highest BCUT2D eigenvalue weighted by Crippen LogP contribution is 1.48. The summed E-state index contributed by atoms with van der Waals surface area (Å²) in [6.45, 7) is 0. The minimum Gasteiger partial charge on any atom is -0.379 e.